The topological polar surface area (TPSA) is 38.5 Å². The van der Waals surface area contributed by atoms with Gasteiger partial charge in [-0.2, -0.15) is 0 Å². The van der Waals surface area contributed by atoms with E-state index in [4.69, 9.17) is 10.5 Å². The summed E-state index contributed by atoms with van der Waals surface area (Å²) < 4.78 is 18.3. The number of rotatable bonds is 4. The monoisotopic (exact) mass is 252 g/mol. The van der Waals surface area contributed by atoms with E-state index in [1.165, 1.54) is 12.1 Å². The van der Waals surface area contributed by atoms with E-state index in [-0.39, 0.29) is 17.3 Å². The quantitative estimate of drug-likeness (QED) is 0.885. The highest BCUT2D eigenvalue weighted by Crippen LogP contribution is 2.28. The molecular weight excluding hydrogens is 231 g/mol. The van der Waals surface area contributed by atoms with Crippen molar-refractivity contribution >= 4 is 0 Å². The van der Waals surface area contributed by atoms with Crippen LogP contribution in [-0.4, -0.2) is 37.7 Å². The molecule has 0 aromatic heterocycles. The van der Waals surface area contributed by atoms with Crippen LogP contribution in [0.2, 0.25) is 0 Å². The summed E-state index contributed by atoms with van der Waals surface area (Å²) in [6.45, 7) is 5.18. The summed E-state index contributed by atoms with van der Waals surface area (Å²) in [6, 6.07) is 6.72. The second-order valence-corrected chi connectivity index (χ2v) is 5.57. The molecule has 0 aliphatic carbocycles. The largest absolute Gasteiger partial charge is 0.379 e. The molecule has 2 N–H and O–H groups in total. The Morgan fingerprint density at radius 3 is 2.67 bits per heavy atom. The lowest BCUT2D eigenvalue weighted by Gasteiger charge is -2.32. The lowest BCUT2D eigenvalue weighted by atomic mass is 9.85. The van der Waals surface area contributed by atoms with Gasteiger partial charge in [0.2, 0.25) is 0 Å². The fourth-order valence-corrected chi connectivity index (χ4v) is 2.46. The van der Waals surface area contributed by atoms with Crippen LogP contribution in [0.15, 0.2) is 24.3 Å². The zero-order chi connectivity index (χ0) is 13.2. The second-order valence-electron chi connectivity index (χ2n) is 5.57. The van der Waals surface area contributed by atoms with Crippen LogP contribution in [0.5, 0.6) is 0 Å². The van der Waals surface area contributed by atoms with E-state index in [2.05, 4.69) is 18.9 Å². The lowest BCUT2D eigenvalue weighted by molar-refractivity contribution is 0.128. The number of hydrogen-bond acceptors (Lipinski definition) is 3. The highest BCUT2D eigenvalue weighted by molar-refractivity contribution is 5.15. The van der Waals surface area contributed by atoms with Gasteiger partial charge in [-0.25, -0.2) is 4.39 Å². The van der Waals surface area contributed by atoms with Crippen molar-refractivity contribution in [2.45, 2.75) is 19.5 Å². The van der Waals surface area contributed by atoms with E-state index in [0.717, 1.165) is 18.7 Å². The van der Waals surface area contributed by atoms with E-state index in [1.807, 2.05) is 12.1 Å². The maximum atomic E-state index is 12.8. The molecule has 1 heterocycles. The van der Waals surface area contributed by atoms with Crippen molar-refractivity contribution in [2.75, 3.05) is 26.8 Å². The standard InChI is InChI=1S/C14H21FN2O/c1-14(10-18-8-13(14)16)9-17(2)7-11-3-5-12(15)6-4-11/h3-6,13H,7-10,16H2,1-2H3. The van der Waals surface area contributed by atoms with Gasteiger partial charge in [-0.1, -0.05) is 19.1 Å². The predicted molar refractivity (Wildman–Crippen MR) is 69.6 cm³/mol. The van der Waals surface area contributed by atoms with Crippen LogP contribution in [-0.2, 0) is 11.3 Å². The minimum atomic E-state index is -0.195. The normalized spacial score (nSPS) is 27.9. The van der Waals surface area contributed by atoms with Gasteiger partial charge in [0.1, 0.15) is 5.82 Å². The summed E-state index contributed by atoms with van der Waals surface area (Å²) in [4.78, 5) is 2.21. The molecule has 18 heavy (non-hydrogen) atoms. The first-order valence-electron chi connectivity index (χ1n) is 6.26. The van der Waals surface area contributed by atoms with Gasteiger partial charge in [0.15, 0.2) is 0 Å². The Labute approximate surface area is 108 Å². The lowest BCUT2D eigenvalue weighted by Crippen LogP contribution is -2.45. The molecule has 1 fully saturated rings. The van der Waals surface area contributed by atoms with E-state index < -0.39 is 0 Å². The van der Waals surface area contributed by atoms with E-state index in [9.17, 15) is 4.39 Å². The summed E-state index contributed by atoms with van der Waals surface area (Å²) in [6.07, 6.45) is 0. The average Bonchev–Trinajstić information content (AvgIpc) is 2.62. The molecule has 2 atom stereocenters. The molecule has 3 nitrogen and oxygen atoms in total. The van der Waals surface area contributed by atoms with Gasteiger partial charge in [0.05, 0.1) is 13.2 Å². The Morgan fingerprint density at radius 1 is 1.44 bits per heavy atom. The minimum absolute atomic E-state index is 0.00871. The first-order valence-corrected chi connectivity index (χ1v) is 6.26. The third-order valence-electron chi connectivity index (χ3n) is 3.62. The van der Waals surface area contributed by atoms with Crippen molar-refractivity contribution < 1.29 is 9.13 Å². The van der Waals surface area contributed by atoms with Gasteiger partial charge in [-0.05, 0) is 24.7 Å². The summed E-state index contributed by atoms with van der Waals surface area (Å²) in [5.41, 5.74) is 7.19. The van der Waals surface area contributed by atoms with Crippen molar-refractivity contribution in [3.8, 4) is 0 Å². The smallest absolute Gasteiger partial charge is 0.123 e. The Kier molecular flexibility index (Phi) is 4.00. The molecular formula is C14H21FN2O. The third kappa shape index (κ3) is 3.07. The Hall–Kier alpha value is -0.970. The van der Waals surface area contributed by atoms with Crippen LogP contribution in [0.1, 0.15) is 12.5 Å². The zero-order valence-electron chi connectivity index (χ0n) is 11.0. The molecule has 100 valence electrons. The first-order chi connectivity index (χ1) is 8.49. The molecule has 1 aliphatic rings. The van der Waals surface area contributed by atoms with Gasteiger partial charge >= 0.3 is 0 Å². The maximum Gasteiger partial charge on any atom is 0.123 e. The molecule has 0 amide bonds. The van der Waals surface area contributed by atoms with Gasteiger partial charge in [-0.3, -0.25) is 0 Å². The van der Waals surface area contributed by atoms with Crippen molar-refractivity contribution in [3.05, 3.63) is 35.6 Å². The molecule has 4 heteroatoms. The van der Waals surface area contributed by atoms with Crippen LogP contribution in [0.4, 0.5) is 4.39 Å². The van der Waals surface area contributed by atoms with Crippen LogP contribution in [0.3, 0.4) is 0 Å². The molecule has 1 aromatic rings. The summed E-state index contributed by atoms with van der Waals surface area (Å²) in [7, 11) is 2.06. The van der Waals surface area contributed by atoms with Crippen molar-refractivity contribution in [1.29, 1.82) is 0 Å². The number of benzene rings is 1. The number of hydrogen-bond donors (Lipinski definition) is 1. The number of ether oxygens (including phenoxy) is 1. The van der Waals surface area contributed by atoms with Gasteiger partial charge in [0.25, 0.3) is 0 Å². The fraction of sp³-hybridized carbons (Fsp3) is 0.571. The molecule has 2 rings (SSSR count). The van der Waals surface area contributed by atoms with Crippen molar-refractivity contribution in [3.63, 3.8) is 0 Å². The van der Waals surface area contributed by atoms with E-state index in [1.54, 1.807) is 0 Å². The Bertz CT molecular complexity index is 395. The van der Waals surface area contributed by atoms with Gasteiger partial charge in [-0.15, -0.1) is 0 Å². The molecule has 1 aliphatic heterocycles. The summed E-state index contributed by atoms with van der Waals surface area (Å²) in [5, 5.41) is 0. The predicted octanol–water partition coefficient (Wildman–Crippen LogP) is 1.62. The van der Waals surface area contributed by atoms with Crippen LogP contribution < -0.4 is 5.73 Å². The highest BCUT2D eigenvalue weighted by atomic mass is 19.1. The fourth-order valence-electron chi connectivity index (χ4n) is 2.46. The molecule has 0 bridgehead atoms. The van der Waals surface area contributed by atoms with E-state index in [0.29, 0.717) is 13.2 Å². The highest BCUT2D eigenvalue weighted by Gasteiger charge is 2.38. The van der Waals surface area contributed by atoms with Crippen molar-refractivity contribution in [1.82, 2.24) is 4.90 Å². The zero-order valence-corrected chi connectivity index (χ0v) is 11.0. The summed E-state index contributed by atoms with van der Waals surface area (Å²) in [5.74, 6) is -0.195. The number of nitrogens with zero attached hydrogens (tertiary/aromatic N) is 1. The molecule has 0 saturated carbocycles. The molecule has 1 aromatic carbocycles. The molecule has 2 unspecified atom stereocenters. The molecule has 0 spiro atoms. The second kappa shape index (κ2) is 5.34. The Balaban J connectivity index is 1.92. The van der Waals surface area contributed by atoms with Crippen LogP contribution in [0.25, 0.3) is 0 Å². The average molecular weight is 252 g/mol. The molecule has 0 radical (unpaired) electrons. The first kappa shape index (κ1) is 13.5. The van der Waals surface area contributed by atoms with Gasteiger partial charge in [0, 0.05) is 24.5 Å². The summed E-state index contributed by atoms with van der Waals surface area (Å²) >= 11 is 0. The third-order valence-corrected chi connectivity index (χ3v) is 3.62. The minimum Gasteiger partial charge on any atom is -0.379 e. The SMILES string of the molecule is CN(Cc1ccc(F)cc1)CC1(C)COCC1N. The number of halogens is 1. The maximum absolute atomic E-state index is 12.8. The molecule has 1 saturated heterocycles. The van der Waals surface area contributed by atoms with Crippen molar-refractivity contribution in [2.24, 2.45) is 11.1 Å². The number of nitrogens with two attached hydrogens (primary N) is 1. The Morgan fingerprint density at radius 2 is 2.11 bits per heavy atom. The van der Waals surface area contributed by atoms with Crippen LogP contribution >= 0.6 is 0 Å². The van der Waals surface area contributed by atoms with E-state index >= 15 is 0 Å². The van der Waals surface area contributed by atoms with Crippen LogP contribution in [0, 0.1) is 11.2 Å². The van der Waals surface area contributed by atoms with Gasteiger partial charge < -0.3 is 15.4 Å².